The predicted octanol–water partition coefficient (Wildman–Crippen LogP) is 1.55. The minimum absolute atomic E-state index is 0.0690. The van der Waals surface area contributed by atoms with E-state index in [0.717, 1.165) is 0 Å². The highest BCUT2D eigenvalue weighted by Crippen LogP contribution is 2.35. The zero-order valence-electron chi connectivity index (χ0n) is 8.58. The van der Waals surface area contributed by atoms with Crippen LogP contribution in [0.3, 0.4) is 0 Å². The molecule has 0 saturated carbocycles. The van der Waals surface area contributed by atoms with E-state index in [-0.39, 0.29) is 23.4 Å². The molecule has 0 aliphatic heterocycles. The van der Waals surface area contributed by atoms with Crippen LogP contribution in [-0.2, 0) is 0 Å². The van der Waals surface area contributed by atoms with E-state index in [1.807, 2.05) is 0 Å². The van der Waals surface area contributed by atoms with Gasteiger partial charge in [0, 0.05) is 0 Å². The maximum absolute atomic E-state index is 10.8. The summed E-state index contributed by atoms with van der Waals surface area (Å²) in [5.41, 5.74) is -0.210. The lowest BCUT2D eigenvalue weighted by Gasteiger charge is -2.09. The number of benzene rings is 1. The van der Waals surface area contributed by atoms with Crippen molar-refractivity contribution in [3.8, 4) is 11.8 Å². The Kier molecular flexibility index (Phi) is 3.80. The number of nitriles is 1. The summed E-state index contributed by atoms with van der Waals surface area (Å²) in [5.74, 6) is 0.0690. The van der Waals surface area contributed by atoms with Crippen LogP contribution in [0.5, 0.6) is 5.75 Å². The third-order valence-electron chi connectivity index (χ3n) is 2.08. The molecule has 1 aromatic carbocycles. The van der Waals surface area contributed by atoms with Crippen LogP contribution < -0.4 is 4.74 Å². The lowest BCUT2D eigenvalue weighted by atomic mass is 10.0. The van der Waals surface area contributed by atoms with Gasteiger partial charge in [-0.25, -0.2) is 0 Å². The van der Waals surface area contributed by atoms with E-state index >= 15 is 0 Å². The Hall–Kier alpha value is -2.13. The van der Waals surface area contributed by atoms with Crippen molar-refractivity contribution in [1.29, 1.82) is 5.26 Å². The summed E-state index contributed by atoms with van der Waals surface area (Å²) in [7, 11) is 1.31. The fraction of sp³-hybridized carbons (Fsp3) is 0.300. The van der Waals surface area contributed by atoms with Gasteiger partial charge in [0.25, 0.3) is 0 Å². The monoisotopic (exact) mass is 222 g/mol. The van der Waals surface area contributed by atoms with Crippen LogP contribution in [0.2, 0.25) is 0 Å². The molecule has 0 spiro atoms. The van der Waals surface area contributed by atoms with Gasteiger partial charge in [-0.3, -0.25) is 10.1 Å². The molecule has 6 heteroatoms. The van der Waals surface area contributed by atoms with Crippen molar-refractivity contribution in [1.82, 2.24) is 0 Å². The van der Waals surface area contributed by atoms with Crippen LogP contribution in [0.25, 0.3) is 0 Å². The zero-order valence-corrected chi connectivity index (χ0v) is 8.58. The number of para-hydroxylation sites is 1. The number of hydrogen-bond donors (Lipinski definition) is 1. The molecule has 0 amide bonds. The summed E-state index contributed by atoms with van der Waals surface area (Å²) in [6.07, 6.45) is -1.38. The molecule has 1 unspecified atom stereocenters. The molecule has 0 bridgehead atoms. The zero-order chi connectivity index (χ0) is 12.1. The highest BCUT2D eigenvalue weighted by atomic mass is 16.6. The lowest BCUT2D eigenvalue weighted by Crippen LogP contribution is -2.03. The molecule has 1 aromatic rings. The Labute approximate surface area is 91.8 Å². The van der Waals surface area contributed by atoms with Crippen molar-refractivity contribution in [2.75, 3.05) is 7.11 Å². The quantitative estimate of drug-likeness (QED) is 0.615. The van der Waals surface area contributed by atoms with Crippen molar-refractivity contribution in [3.63, 3.8) is 0 Å². The van der Waals surface area contributed by atoms with Crippen molar-refractivity contribution in [3.05, 3.63) is 33.9 Å². The normalized spacial score (nSPS) is 11.6. The third-order valence-corrected chi connectivity index (χ3v) is 2.08. The lowest BCUT2D eigenvalue weighted by molar-refractivity contribution is -0.387. The topological polar surface area (TPSA) is 96.4 Å². The summed E-state index contributed by atoms with van der Waals surface area (Å²) >= 11 is 0. The van der Waals surface area contributed by atoms with Gasteiger partial charge in [0.15, 0.2) is 5.75 Å². The minimum atomic E-state index is -1.18. The van der Waals surface area contributed by atoms with Crippen molar-refractivity contribution >= 4 is 5.69 Å². The van der Waals surface area contributed by atoms with Crippen molar-refractivity contribution in [2.45, 2.75) is 12.5 Å². The standard InChI is InChI=1S/C10H10N2O4/c1-16-9-4-2-3-7(8(13)5-6-11)10(9)12(14)15/h2-4,8,13H,5H2,1H3. The van der Waals surface area contributed by atoms with Gasteiger partial charge >= 0.3 is 5.69 Å². The average Bonchev–Trinajstić information content (AvgIpc) is 2.28. The van der Waals surface area contributed by atoms with Gasteiger partial charge in [0.1, 0.15) is 0 Å². The van der Waals surface area contributed by atoms with Crippen LogP contribution >= 0.6 is 0 Å². The molecule has 1 atom stereocenters. The van der Waals surface area contributed by atoms with Crippen LogP contribution in [0.4, 0.5) is 5.69 Å². The first kappa shape index (κ1) is 11.9. The molecular formula is C10H10N2O4. The third kappa shape index (κ3) is 2.27. The van der Waals surface area contributed by atoms with Crippen LogP contribution in [0, 0.1) is 21.4 Å². The van der Waals surface area contributed by atoms with E-state index in [1.165, 1.54) is 25.3 Å². The summed E-state index contributed by atoms with van der Waals surface area (Å²) in [6, 6.07) is 6.12. The molecule has 0 fully saturated rings. The van der Waals surface area contributed by atoms with Gasteiger partial charge in [0.2, 0.25) is 0 Å². The number of methoxy groups -OCH3 is 1. The maximum Gasteiger partial charge on any atom is 0.316 e. The average molecular weight is 222 g/mol. The second-order valence-corrected chi connectivity index (χ2v) is 3.03. The number of hydrogen-bond acceptors (Lipinski definition) is 5. The number of nitro groups is 1. The maximum atomic E-state index is 10.8. The molecule has 0 aliphatic carbocycles. The molecule has 0 saturated heterocycles. The Morgan fingerprint density at radius 1 is 1.69 bits per heavy atom. The van der Waals surface area contributed by atoms with E-state index in [9.17, 15) is 15.2 Å². The van der Waals surface area contributed by atoms with Crippen LogP contribution in [0.1, 0.15) is 18.1 Å². The Morgan fingerprint density at radius 3 is 2.88 bits per heavy atom. The molecular weight excluding hydrogens is 212 g/mol. The van der Waals surface area contributed by atoms with Gasteiger partial charge in [0.05, 0.1) is 36.2 Å². The second kappa shape index (κ2) is 5.09. The second-order valence-electron chi connectivity index (χ2n) is 3.03. The number of nitro benzene ring substituents is 1. The first-order valence-corrected chi connectivity index (χ1v) is 4.48. The van der Waals surface area contributed by atoms with Crippen LogP contribution in [-0.4, -0.2) is 17.1 Å². The number of aliphatic hydroxyl groups excluding tert-OH is 1. The number of ether oxygens (including phenoxy) is 1. The SMILES string of the molecule is COc1cccc(C(O)CC#N)c1[N+](=O)[O-]. The van der Waals surface area contributed by atoms with E-state index < -0.39 is 11.0 Å². The predicted molar refractivity (Wildman–Crippen MR) is 54.8 cm³/mol. The van der Waals surface area contributed by atoms with Crippen LogP contribution in [0.15, 0.2) is 18.2 Å². The van der Waals surface area contributed by atoms with E-state index in [0.29, 0.717) is 0 Å². The van der Waals surface area contributed by atoms with Crippen molar-refractivity contribution < 1.29 is 14.8 Å². The Balaban J connectivity index is 3.28. The first-order chi connectivity index (χ1) is 7.61. The van der Waals surface area contributed by atoms with E-state index in [1.54, 1.807) is 6.07 Å². The summed E-state index contributed by atoms with van der Waals surface area (Å²) < 4.78 is 4.84. The fourth-order valence-electron chi connectivity index (χ4n) is 1.36. The number of rotatable bonds is 4. The number of aliphatic hydroxyl groups is 1. The molecule has 1 N–H and O–H groups in total. The van der Waals surface area contributed by atoms with Gasteiger partial charge in [-0.1, -0.05) is 6.07 Å². The largest absolute Gasteiger partial charge is 0.490 e. The Morgan fingerprint density at radius 2 is 2.38 bits per heavy atom. The molecule has 0 heterocycles. The van der Waals surface area contributed by atoms with E-state index in [4.69, 9.17) is 10.00 Å². The minimum Gasteiger partial charge on any atom is -0.490 e. The van der Waals surface area contributed by atoms with Gasteiger partial charge in [-0.2, -0.15) is 5.26 Å². The van der Waals surface area contributed by atoms with Gasteiger partial charge < -0.3 is 9.84 Å². The molecule has 1 rings (SSSR count). The molecule has 0 aromatic heterocycles. The highest BCUT2D eigenvalue weighted by Gasteiger charge is 2.24. The van der Waals surface area contributed by atoms with Gasteiger partial charge in [-0.15, -0.1) is 0 Å². The first-order valence-electron chi connectivity index (χ1n) is 4.48. The highest BCUT2D eigenvalue weighted by molar-refractivity contribution is 5.53. The van der Waals surface area contributed by atoms with Gasteiger partial charge in [-0.05, 0) is 12.1 Å². The molecule has 16 heavy (non-hydrogen) atoms. The van der Waals surface area contributed by atoms with Crippen molar-refractivity contribution in [2.24, 2.45) is 0 Å². The molecule has 0 aliphatic rings. The summed E-state index contributed by atoms with van der Waals surface area (Å²) in [4.78, 5) is 10.2. The van der Waals surface area contributed by atoms with E-state index in [2.05, 4.69) is 0 Å². The number of nitrogens with zero attached hydrogens (tertiary/aromatic N) is 2. The summed E-state index contributed by atoms with van der Waals surface area (Å²) in [5, 5.41) is 28.9. The molecule has 6 nitrogen and oxygen atoms in total. The fourth-order valence-corrected chi connectivity index (χ4v) is 1.36. The smallest absolute Gasteiger partial charge is 0.316 e. The molecule has 0 radical (unpaired) electrons. The molecule has 84 valence electrons. The Bertz CT molecular complexity index is 439. The summed E-state index contributed by atoms with van der Waals surface area (Å²) in [6.45, 7) is 0.